The van der Waals surface area contributed by atoms with Gasteiger partial charge in [0.2, 0.25) is 0 Å². The number of rotatable bonds is 10. The Bertz CT molecular complexity index is 572. The summed E-state index contributed by atoms with van der Waals surface area (Å²) in [6.45, 7) is 1.73. The summed E-state index contributed by atoms with van der Waals surface area (Å²) < 4.78 is 0. The number of aliphatic carboxylic acids is 1. The number of Topliss-reactive ketones (excluding diaryl/α,β-unsaturated/α-hetero) is 1. The average molecular weight is 328 g/mol. The van der Waals surface area contributed by atoms with Crippen LogP contribution in [0.25, 0.3) is 0 Å². The molecule has 3 rings (SSSR count). The average Bonchev–Trinajstić information content (AvgIpc) is 3.43. The number of aryl methyl sites for hydroxylation is 2. The number of ketones is 1. The van der Waals surface area contributed by atoms with Gasteiger partial charge in [0.15, 0.2) is 0 Å². The summed E-state index contributed by atoms with van der Waals surface area (Å²) in [5.41, 5.74) is 2.27. The van der Waals surface area contributed by atoms with Crippen molar-refractivity contribution in [3.8, 4) is 0 Å². The molecule has 0 bridgehead atoms. The number of hydrogen-bond acceptors (Lipinski definition) is 2. The Morgan fingerprint density at radius 3 is 1.88 bits per heavy atom. The van der Waals surface area contributed by atoms with Crippen molar-refractivity contribution in [1.29, 1.82) is 0 Å². The van der Waals surface area contributed by atoms with Crippen LogP contribution < -0.4 is 0 Å². The van der Waals surface area contributed by atoms with Crippen LogP contribution in [0.2, 0.25) is 0 Å². The van der Waals surface area contributed by atoms with Crippen molar-refractivity contribution < 1.29 is 14.7 Å². The zero-order valence-electron chi connectivity index (χ0n) is 14.6. The Hall–Kier alpha value is -1.64. The van der Waals surface area contributed by atoms with Crippen molar-refractivity contribution in [3.05, 3.63) is 35.4 Å². The van der Waals surface area contributed by atoms with E-state index in [9.17, 15) is 14.7 Å². The molecule has 2 saturated carbocycles. The minimum absolute atomic E-state index is 0.0209. The molecule has 0 unspecified atom stereocenters. The third kappa shape index (κ3) is 3.88. The van der Waals surface area contributed by atoms with Crippen molar-refractivity contribution >= 4 is 11.8 Å². The number of carboxylic acid groups (broad SMARTS) is 1. The van der Waals surface area contributed by atoms with Crippen molar-refractivity contribution in [2.45, 2.75) is 71.1 Å². The maximum atomic E-state index is 11.6. The lowest BCUT2D eigenvalue weighted by Gasteiger charge is -2.12. The molecule has 24 heavy (non-hydrogen) atoms. The van der Waals surface area contributed by atoms with Crippen molar-refractivity contribution in [1.82, 2.24) is 0 Å². The molecule has 3 heteroatoms. The van der Waals surface area contributed by atoms with Gasteiger partial charge in [0, 0.05) is 5.41 Å². The maximum absolute atomic E-state index is 11.6. The summed E-state index contributed by atoms with van der Waals surface area (Å²) >= 11 is 0. The number of carbonyl (C=O) groups is 2. The van der Waals surface area contributed by atoms with E-state index >= 15 is 0 Å². The first-order valence-corrected chi connectivity index (χ1v) is 9.28. The zero-order valence-corrected chi connectivity index (χ0v) is 14.6. The molecule has 130 valence electrons. The highest BCUT2D eigenvalue weighted by molar-refractivity contribution is 5.84. The van der Waals surface area contributed by atoms with Crippen LogP contribution in [0.1, 0.15) is 69.4 Å². The van der Waals surface area contributed by atoms with Crippen LogP contribution in [0.5, 0.6) is 0 Å². The van der Waals surface area contributed by atoms with Gasteiger partial charge >= 0.3 is 5.97 Å². The Morgan fingerprint density at radius 1 is 0.958 bits per heavy atom. The van der Waals surface area contributed by atoms with E-state index in [1.807, 2.05) is 0 Å². The molecule has 2 aliphatic rings. The molecular weight excluding hydrogens is 300 g/mol. The zero-order chi connectivity index (χ0) is 17.2. The van der Waals surface area contributed by atoms with Gasteiger partial charge < -0.3 is 5.11 Å². The predicted molar refractivity (Wildman–Crippen MR) is 94.0 cm³/mol. The van der Waals surface area contributed by atoms with Crippen LogP contribution in [0.15, 0.2) is 24.3 Å². The Balaban J connectivity index is 1.44. The number of benzene rings is 1. The Kier molecular flexibility index (Phi) is 4.80. The molecule has 1 aromatic carbocycles. The molecule has 0 heterocycles. The fraction of sp³-hybridized carbons (Fsp3) is 0.619. The standard InChI is InChI=1S/C21H28O3/c1-16(22)20(11-12-20)9-3-7-17-5-2-6-18(15-17)8-4-10-21(13-14-21)19(23)24/h2,5-6,15H,3-4,7-14H2,1H3,(H,23,24). The minimum atomic E-state index is -0.615. The quantitative estimate of drug-likeness (QED) is 0.684. The van der Waals surface area contributed by atoms with Crippen LogP contribution in [-0.2, 0) is 22.4 Å². The summed E-state index contributed by atoms with van der Waals surface area (Å²) in [5, 5.41) is 9.23. The molecule has 0 radical (unpaired) electrons. The van der Waals surface area contributed by atoms with Crippen molar-refractivity contribution in [2.24, 2.45) is 10.8 Å². The highest BCUT2D eigenvalue weighted by Gasteiger charge is 2.49. The maximum Gasteiger partial charge on any atom is 0.309 e. The van der Waals surface area contributed by atoms with E-state index in [0.29, 0.717) is 5.78 Å². The monoisotopic (exact) mass is 328 g/mol. The van der Waals surface area contributed by atoms with E-state index < -0.39 is 11.4 Å². The summed E-state index contributed by atoms with van der Waals surface area (Å²) in [7, 11) is 0. The molecule has 2 aliphatic carbocycles. The number of carbonyl (C=O) groups excluding carboxylic acids is 1. The molecule has 0 amide bonds. The van der Waals surface area contributed by atoms with Gasteiger partial charge in [0.25, 0.3) is 0 Å². The van der Waals surface area contributed by atoms with Crippen molar-refractivity contribution in [3.63, 3.8) is 0 Å². The van der Waals surface area contributed by atoms with Gasteiger partial charge in [0.1, 0.15) is 5.78 Å². The second kappa shape index (κ2) is 6.70. The van der Waals surface area contributed by atoms with E-state index in [-0.39, 0.29) is 5.41 Å². The van der Waals surface area contributed by atoms with Gasteiger partial charge in [-0.25, -0.2) is 0 Å². The Labute approximate surface area is 144 Å². The summed E-state index contributed by atoms with van der Waals surface area (Å²) in [6.07, 6.45) is 9.68. The lowest BCUT2D eigenvalue weighted by atomic mass is 9.92. The molecule has 1 N–H and O–H groups in total. The van der Waals surface area contributed by atoms with Gasteiger partial charge in [-0.05, 0) is 82.3 Å². The van der Waals surface area contributed by atoms with Gasteiger partial charge in [0.05, 0.1) is 5.41 Å². The van der Waals surface area contributed by atoms with E-state index in [2.05, 4.69) is 24.3 Å². The summed E-state index contributed by atoms with van der Waals surface area (Å²) in [5.74, 6) is -0.251. The fourth-order valence-electron chi connectivity index (χ4n) is 3.85. The normalized spacial score (nSPS) is 19.7. The van der Waals surface area contributed by atoms with Crippen LogP contribution in [0.4, 0.5) is 0 Å². The molecule has 0 saturated heterocycles. The molecular formula is C21H28O3. The lowest BCUT2D eigenvalue weighted by Crippen LogP contribution is -2.14. The third-order valence-electron chi connectivity index (χ3n) is 6.14. The van der Waals surface area contributed by atoms with Crippen LogP contribution in [-0.4, -0.2) is 16.9 Å². The van der Waals surface area contributed by atoms with E-state index in [1.165, 1.54) is 11.1 Å². The van der Waals surface area contributed by atoms with Crippen molar-refractivity contribution in [2.75, 3.05) is 0 Å². The topological polar surface area (TPSA) is 54.4 Å². The van der Waals surface area contributed by atoms with Crippen LogP contribution in [0.3, 0.4) is 0 Å². The van der Waals surface area contributed by atoms with E-state index in [4.69, 9.17) is 0 Å². The summed E-state index contributed by atoms with van der Waals surface area (Å²) in [6, 6.07) is 8.67. The van der Waals surface area contributed by atoms with Gasteiger partial charge in [-0.1, -0.05) is 24.3 Å². The highest BCUT2D eigenvalue weighted by Crippen LogP contribution is 2.51. The van der Waals surface area contributed by atoms with Gasteiger partial charge in [-0.2, -0.15) is 0 Å². The second-order valence-corrected chi connectivity index (χ2v) is 7.95. The smallest absolute Gasteiger partial charge is 0.309 e. The molecule has 0 atom stereocenters. The molecule has 1 aromatic rings. The van der Waals surface area contributed by atoms with Crippen LogP contribution >= 0.6 is 0 Å². The van der Waals surface area contributed by atoms with Crippen LogP contribution in [0, 0.1) is 10.8 Å². The highest BCUT2D eigenvalue weighted by atomic mass is 16.4. The largest absolute Gasteiger partial charge is 0.481 e. The fourth-order valence-corrected chi connectivity index (χ4v) is 3.85. The number of hydrogen-bond donors (Lipinski definition) is 1. The van der Waals surface area contributed by atoms with E-state index in [1.54, 1.807) is 6.92 Å². The van der Waals surface area contributed by atoms with E-state index in [0.717, 1.165) is 64.2 Å². The minimum Gasteiger partial charge on any atom is -0.481 e. The number of carboxylic acids is 1. The van der Waals surface area contributed by atoms with Gasteiger partial charge in [-0.3, -0.25) is 9.59 Å². The SMILES string of the molecule is CC(=O)C1(CCCc2cccc(CCCC3(C(=O)O)CC3)c2)CC1. The molecule has 0 aromatic heterocycles. The molecule has 0 spiro atoms. The molecule has 0 aliphatic heterocycles. The Morgan fingerprint density at radius 2 is 1.46 bits per heavy atom. The van der Waals surface area contributed by atoms with Gasteiger partial charge in [-0.15, -0.1) is 0 Å². The third-order valence-corrected chi connectivity index (χ3v) is 6.14. The predicted octanol–water partition coefficient (Wildman–Crippen LogP) is 4.57. The first kappa shape index (κ1) is 17.2. The second-order valence-electron chi connectivity index (χ2n) is 7.95. The molecule has 3 nitrogen and oxygen atoms in total. The molecule has 2 fully saturated rings. The first-order valence-electron chi connectivity index (χ1n) is 9.28. The summed E-state index contributed by atoms with van der Waals surface area (Å²) in [4.78, 5) is 22.8. The first-order chi connectivity index (χ1) is 11.5. The lowest BCUT2D eigenvalue weighted by molar-refractivity contribution is -0.143.